The molecule has 2 fully saturated rings. The van der Waals surface area contributed by atoms with Gasteiger partial charge in [0.1, 0.15) is 0 Å². The highest BCUT2D eigenvalue weighted by Crippen LogP contribution is 2.42. The van der Waals surface area contributed by atoms with E-state index in [0.717, 1.165) is 26.1 Å². The molecule has 3 atom stereocenters. The Bertz CT molecular complexity index is 401. The van der Waals surface area contributed by atoms with Crippen LogP contribution in [0.2, 0.25) is 0 Å². The molecule has 3 rings (SSSR count). The van der Waals surface area contributed by atoms with Crippen molar-refractivity contribution < 1.29 is 5.11 Å². The fourth-order valence-electron chi connectivity index (χ4n) is 3.84. The molecular formula is C16H23NO. The van der Waals surface area contributed by atoms with Crippen molar-refractivity contribution in [3.8, 4) is 0 Å². The largest absolute Gasteiger partial charge is 0.390 e. The maximum Gasteiger partial charge on any atom is 0.0663 e. The maximum absolute atomic E-state index is 10.5. The molecule has 0 bridgehead atoms. The summed E-state index contributed by atoms with van der Waals surface area (Å²) in [6.45, 7) is 5.29. The van der Waals surface area contributed by atoms with Gasteiger partial charge in [0.05, 0.1) is 5.60 Å². The minimum atomic E-state index is -0.436. The van der Waals surface area contributed by atoms with Crippen molar-refractivity contribution in [1.82, 2.24) is 4.90 Å². The van der Waals surface area contributed by atoms with Gasteiger partial charge in [0.25, 0.3) is 0 Å². The van der Waals surface area contributed by atoms with E-state index in [1.165, 1.54) is 18.4 Å². The van der Waals surface area contributed by atoms with Gasteiger partial charge in [-0.2, -0.15) is 0 Å². The van der Waals surface area contributed by atoms with E-state index in [2.05, 4.69) is 35.2 Å². The lowest BCUT2D eigenvalue weighted by atomic mass is 9.72. The highest BCUT2D eigenvalue weighted by molar-refractivity contribution is 5.15. The molecule has 3 unspecified atom stereocenters. The lowest BCUT2D eigenvalue weighted by Gasteiger charge is -2.38. The molecule has 1 aliphatic carbocycles. The van der Waals surface area contributed by atoms with Crippen LogP contribution in [0, 0.1) is 11.8 Å². The summed E-state index contributed by atoms with van der Waals surface area (Å²) in [5.74, 6) is 1.19. The molecule has 0 amide bonds. The third-order valence-corrected chi connectivity index (χ3v) is 4.82. The van der Waals surface area contributed by atoms with Gasteiger partial charge in [0.15, 0.2) is 0 Å². The van der Waals surface area contributed by atoms with Crippen LogP contribution in [0.4, 0.5) is 0 Å². The molecule has 1 saturated heterocycles. The Morgan fingerprint density at radius 1 is 1.28 bits per heavy atom. The summed E-state index contributed by atoms with van der Waals surface area (Å²) in [6, 6.07) is 10.7. The summed E-state index contributed by atoms with van der Waals surface area (Å²) in [5, 5.41) is 10.5. The first-order valence-electron chi connectivity index (χ1n) is 7.14. The van der Waals surface area contributed by atoms with Crippen molar-refractivity contribution in [2.45, 2.75) is 38.3 Å². The Hall–Kier alpha value is -0.860. The first-order chi connectivity index (χ1) is 8.65. The second-order valence-corrected chi connectivity index (χ2v) is 6.30. The van der Waals surface area contributed by atoms with Gasteiger partial charge >= 0.3 is 0 Å². The summed E-state index contributed by atoms with van der Waals surface area (Å²) in [5.41, 5.74) is 0.949. The van der Waals surface area contributed by atoms with Crippen molar-refractivity contribution in [3.63, 3.8) is 0 Å². The number of rotatable bonds is 2. The number of aliphatic hydroxyl groups is 1. The Balaban J connectivity index is 1.68. The number of hydrogen-bond acceptors (Lipinski definition) is 2. The average molecular weight is 245 g/mol. The first kappa shape index (κ1) is 12.2. The molecule has 1 heterocycles. The predicted octanol–water partition coefficient (Wildman–Crippen LogP) is 2.67. The van der Waals surface area contributed by atoms with Crippen LogP contribution in [0.25, 0.3) is 0 Å². The van der Waals surface area contributed by atoms with E-state index in [-0.39, 0.29) is 0 Å². The smallest absolute Gasteiger partial charge is 0.0663 e. The second kappa shape index (κ2) is 4.67. The van der Waals surface area contributed by atoms with Crippen LogP contribution >= 0.6 is 0 Å². The molecule has 18 heavy (non-hydrogen) atoms. The third-order valence-electron chi connectivity index (χ3n) is 4.82. The monoisotopic (exact) mass is 245 g/mol. The van der Waals surface area contributed by atoms with E-state index >= 15 is 0 Å². The van der Waals surface area contributed by atoms with E-state index in [9.17, 15) is 5.11 Å². The van der Waals surface area contributed by atoms with Crippen molar-refractivity contribution in [2.75, 3.05) is 13.1 Å². The number of fused-ring (bicyclic) bond motifs is 1. The zero-order valence-corrected chi connectivity index (χ0v) is 11.2. The molecule has 2 heteroatoms. The summed E-state index contributed by atoms with van der Waals surface area (Å²) < 4.78 is 0. The molecule has 2 aliphatic rings. The van der Waals surface area contributed by atoms with Gasteiger partial charge in [-0.25, -0.2) is 0 Å². The maximum atomic E-state index is 10.5. The van der Waals surface area contributed by atoms with Crippen LogP contribution in [-0.4, -0.2) is 28.7 Å². The van der Waals surface area contributed by atoms with Crippen molar-refractivity contribution in [3.05, 3.63) is 35.9 Å². The van der Waals surface area contributed by atoms with Gasteiger partial charge in [0.2, 0.25) is 0 Å². The minimum Gasteiger partial charge on any atom is -0.390 e. The quantitative estimate of drug-likeness (QED) is 0.866. The summed E-state index contributed by atoms with van der Waals surface area (Å²) in [7, 11) is 0. The molecular weight excluding hydrogens is 222 g/mol. The van der Waals surface area contributed by atoms with Gasteiger partial charge in [-0.3, -0.25) is 4.90 Å². The van der Waals surface area contributed by atoms with Crippen LogP contribution in [0.15, 0.2) is 30.3 Å². The van der Waals surface area contributed by atoms with Gasteiger partial charge < -0.3 is 5.11 Å². The van der Waals surface area contributed by atoms with Gasteiger partial charge in [-0.1, -0.05) is 36.8 Å². The zero-order valence-electron chi connectivity index (χ0n) is 11.2. The molecule has 0 aromatic heterocycles. The first-order valence-corrected chi connectivity index (χ1v) is 7.14. The molecule has 1 aromatic carbocycles. The van der Waals surface area contributed by atoms with E-state index < -0.39 is 5.60 Å². The van der Waals surface area contributed by atoms with Gasteiger partial charge in [-0.05, 0) is 31.2 Å². The Morgan fingerprint density at radius 3 is 2.78 bits per heavy atom. The summed E-state index contributed by atoms with van der Waals surface area (Å²) >= 11 is 0. The Morgan fingerprint density at radius 2 is 2.06 bits per heavy atom. The van der Waals surface area contributed by atoms with Crippen LogP contribution in [0.3, 0.4) is 0 Å². The fourth-order valence-corrected chi connectivity index (χ4v) is 3.84. The molecule has 0 radical (unpaired) electrons. The number of likely N-dealkylation sites (tertiary alicyclic amines) is 1. The van der Waals surface area contributed by atoms with E-state index in [4.69, 9.17) is 0 Å². The Labute approximate surface area is 110 Å². The van der Waals surface area contributed by atoms with Gasteiger partial charge in [-0.15, -0.1) is 0 Å². The molecule has 2 nitrogen and oxygen atoms in total. The SMILES string of the molecule is CC1(O)CCCC2CN(Cc3ccccc3)CC21. The van der Waals surface area contributed by atoms with Crippen molar-refractivity contribution in [1.29, 1.82) is 0 Å². The normalized spacial score (nSPS) is 36.6. The zero-order chi connectivity index (χ0) is 12.6. The molecule has 1 aliphatic heterocycles. The lowest BCUT2D eigenvalue weighted by molar-refractivity contribution is -0.0425. The fraction of sp³-hybridized carbons (Fsp3) is 0.625. The third kappa shape index (κ3) is 2.32. The molecule has 98 valence electrons. The topological polar surface area (TPSA) is 23.5 Å². The number of nitrogens with zero attached hydrogens (tertiary/aromatic N) is 1. The molecule has 1 aromatic rings. The van der Waals surface area contributed by atoms with E-state index in [1.54, 1.807) is 0 Å². The predicted molar refractivity (Wildman–Crippen MR) is 73.2 cm³/mol. The second-order valence-electron chi connectivity index (χ2n) is 6.30. The summed E-state index contributed by atoms with van der Waals surface area (Å²) in [4.78, 5) is 2.52. The van der Waals surface area contributed by atoms with Crippen molar-refractivity contribution >= 4 is 0 Å². The number of hydrogen-bond donors (Lipinski definition) is 1. The van der Waals surface area contributed by atoms with Crippen LogP contribution in [0.5, 0.6) is 0 Å². The number of benzene rings is 1. The van der Waals surface area contributed by atoms with Crippen molar-refractivity contribution in [2.24, 2.45) is 11.8 Å². The summed E-state index contributed by atoms with van der Waals surface area (Å²) in [6.07, 6.45) is 3.47. The standard InChI is InChI=1S/C16H23NO/c1-16(18)9-5-8-14-11-17(12-15(14)16)10-13-6-3-2-4-7-13/h2-4,6-7,14-15,18H,5,8-12H2,1H3. The Kier molecular flexibility index (Phi) is 3.16. The van der Waals surface area contributed by atoms with Crippen LogP contribution < -0.4 is 0 Å². The molecule has 1 saturated carbocycles. The minimum absolute atomic E-state index is 0.436. The lowest BCUT2D eigenvalue weighted by Crippen LogP contribution is -2.42. The van der Waals surface area contributed by atoms with E-state index in [1.807, 2.05) is 6.92 Å². The molecule has 1 N–H and O–H groups in total. The van der Waals surface area contributed by atoms with E-state index in [0.29, 0.717) is 11.8 Å². The van der Waals surface area contributed by atoms with Crippen LogP contribution in [0.1, 0.15) is 31.7 Å². The van der Waals surface area contributed by atoms with Crippen LogP contribution in [-0.2, 0) is 6.54 Å². The highest BCUT2D eigenvalue weighted by Gasteiger charge is 2.45. The highest BCUT2D eigenvalue weighted by atomic mass is 16.3. The molecule has 0 spiro atoms. The average Bonchev–Trinajstić information content (AvgIpc) is 2.74. The van der Waals surface area contributed by atoms with Gasteiger partial charge in [0, 0.05) is 25.6 Å².